The second kappa shape index (κ2) is 6.53. The fraction of sp³-hybridized carbons (Fsp3) is 0.250. The molecule has 6 heteroatoms. The average Bonchev–Trinajstić information content (AvgIpc) is 3.05. The van der Waals surface area contributed by atoms with E-state index < -0.39 is 12.0 Å². The maximum atomic E-state index is 11.2. The number of aromatic nitrogens is 1. The number of carbonyl (C=O) groups is 1. The summed E-state index contributed by atoms with van der Waals surface area (Å²) >= 11 is 3.15. The van der Waals surface area contributed by atoms with Crippen molar-refractivity contribution in [1.29, 1.82) is 0 Å². The fourth-order valence-electron chi connectivity index (χ4n) is 2.20. The van der Waals surface area contributed by atoms with E-state index in [-0.39, 0.29) is 0 Å². The van der Waals surface area contributed by atoms with Crippen molar-refractivity contribution < 1.29 is 9.90 Å². The lowest BCUT2D eigenvalue weighted by Crippen LogP contribution is -2.33. The summed E-state index contributed by atoms with van der Waals surface area (Å²) < 4.78 is 1.93. The van der Waals surface area contributed by atoms with Gasteiger partial charge in [-0.1, -0.05) is 13.0 Å². The molecule has 0 spiro atoms. The van der Waals surface area contributed by atoms with Gasteiger partial charge in [-0.2, -0.15) is 0 Å². The van der Waals surface area contributed by atoms with Crippen LogP contribution in [0, 0.1) is 11.8 Å². The molecule has 0 bridgehead atoms. The highest BCUT2D eigenvalue weighted by Crippen LogP contribution is 2.42. The van der Waals surface area contributed by atoms with Crippen LogP contribution in [-0.4, -0.2) is 26.4 Å². The minimum Gasteiger partial charge on any atom is -0.480 e. The van der Waals surface area contributed by atoms with E-state index in [2.05, 4.69) is 16.8 Å². The highest BCUT2D eigenvalue weighted by molar-refractivity contribution is 7.97. The van der Waals surface area contributed by atoms with Crippen molar-refractivity contribution in [3.8, 4) is 11.8 Å². The molecular formula is C16H14N2O2S2. The number of carboxylic acids is 1. The van der Waals surface area contributed by atoms with Crippen molar-refractivity contribution in [2.24, 2.45) is 0 Å². The molecule has 0 saturated heterocycles. The summed E-state index contributed by atoms with van der Waals surface area (Å²) in [6.45, 7) is 2.57. The number of nitrogens with zero attached hydrogens (tertiary/aromatic N) is 2. The van der Waals surface area contributed by atoms with Crippen molar-refractivity contribution in [2.75, 3.05) is 0 Å². The van der Waals surface area contributed by atoms with Gasteiger partial charge in [0.15, 0.2) is 0 Å². The molecule has 0 aliphatic carbocycles. The SMILES string of the molecule is CCC(C(=O)O)N1Cc2sc(C#Cc3ccccn3)cc2S1. The lowest BCUT2D eigenvalue weighted by atomic mass is 10.2. The third-order valence-electron chi connectivity index (χ3n) is 3.28. The summed E-state index contributed by atoms with van der Waals surface area (Å²) in [7, 11) is 0. The van der Waals surface area contributed by atoms with Crippen LogP contribution >= 0.6 is 23.3 Å². The predicted octanol–water partition coefficient (Wildman–Crippen LogP) is 3.23. The van der Waals surface area contributed by atoms with Crippen LogP contribution in [0.25, 0.3) is 0 Å². The second-order valence-corrected chi connectivity index (χ2v) is 7.02. The van der Waals surface area contributed by atoms with Gasteiger partial charge in [0, 0.05) is 22.5 Å². The van der Waals surface area contributed by atoms with Gasteiger partial charge in [-0.05, 0) is 48.4 Å². The Balaban J connectivity index is 1.73. The van der Waals surface area contributed by atoms with Gasteiger partial charge in [-0.25, -0.2) is 9.29 Å². The van der Waals surface area contributed by atoms with E-state index in [1.165, 1.54) is 16.8 Å². The lowest BCUT2D eigenvalue weighted by Gasteiger charge is -2.20. The van der Waals surface area contributed by atoms with Gasteiger partial charge < -0.3 is 5.11 Å². The summed E-state index contributed by atoms with van der Waals surface area (Å²) in [4.78, 5) is 18.7. The molecule has 3 rings (SSSR count). The molecule has 1 aliphatic rings. The van der Waals surface area contributed by atoms with E-state index in [1.807, 2.05) is 35.5 Å². The quantitative estimate of drug-likeness (QED) is 0.692. The zero-order valence-electron chi connectivity index (χ0n) is 11.9. The Morgan fingerprint density at radius 3 is 3.00 bits per heavy atom. The molecule has 22 heavy (non-hydrogen) atoms. The molecule has 0 amide bonds. The molecule has 0 saturated carbocycles. The zero-order chi connectivity index (χ0) is 15.5. The number of rotatable bonds is 3. The number of fused-ring (bicyclic) bond motifs is 1. The molecule has 1 unspecified atom stereocenters. The standard InChI is InChI=1S/C16H14N2O2S2/c1-2-13(16(19)20)18-10-15-14(22-18)9-12(21-15)7-6-11-5-3-4-8-17-11/h3-5,8-9,13H,2,10H2,1H3,(H,19,20). The highest BCUT2D eigenvalue weighted by atomic mass is 32.2. The molecule has 2 aromatic heterocycles. The van der Waals surface area contributed by atoms with Crippen LogP contribution in [0.4, 0.5) is 0 Å². The van der Waals surface area contributed by atoms with Crippen LogP contribution in [-0.2, 0) is 11.3 Å². The molecule has 1 aliphatic heterocycles. The minimum atomic E-state index is -0.764. The molecular weight excluding hydrogens is 316 g/mol. The topological polar surface area (TPSA) is 53.4 Å². The molecule has 4 nitrogen and oxygen atoms in total. The van der Waals surface area contributed by atoms with E-state index in [4.69, 9.17) is 0 Å². The fourth-order valence-corrected chi connectivity index (χ4v) is 4.65. The van der Waals surface area contributed by atoms with Crippen LogP contribution in [0.5, 0.6) is 0 Å². The first-order valence-electron chi connectivity index (χ1n) is 6.90. The average molecular weight is 330 g/mol. The third kappa shape index (κ3) is 3.17. The first-order chi connectivity index (χ1) is 10.7. The van der Waals surface area contributed by atoms with Gasteiger partial charge in [0.2, 0.25) is 0 Å². The number of thiophene rings is 1. The molecule has 1 N–H and O–H groups in total. The Hall–Kier alpha value is -1.81. The van der Waals surface area contributed by atoms with Crippen molar-refractivity contribution in [2.45, 2.75) is 30.8 Å². The maximum absolute atomic E-state index is 11.2. The summed E-state index contributed by atoms with van der Waals surface area (Å²) in [5.74, 6) is 5.41. The van der Waals surface area contributed by atoms with Gasteiger partial charge in [0.25, 0.3) is 0 Å². The first kappa shape index (κ1) is 15.1. The normalized spacial score (nSPS) is 15.0. The van der Waals surface area contributed by atoms with Gasteiger partial charge in [-0.15, -0.1) is 11.3 Å². The first-order valence-corrected chi connectivity index (χ1v) is 8.49. The Bertz CT molecular complexity index is 723. The van der Waals surface area contributed by atoms with E-state index in [0.29, 0.717) is 13.0 Å². The Morgan fingerprint density at radius 2 is 2.36 bits per heavy atom. The highest BCUT2D eigenvalue weighted by Gasteiger charge is 2.31. The molecule has 0 fully saturated rings. The van der Waals surface area contributed by atoms with E-state index in [9.17, 15) is 9.90 Å². The monoisotopic (exact) mass is 330 g/mol. The largest absolute Gasteiger partial charge is 0.480 e. The van der Waals surface area contributed by atoms with Crippen molar-refractivity contribution in [3.63, 3.8) is 0 Å². The Morgan fingerprint density at radius 1 is 1.50 bits per heavy atom. The van der Waals surface area contributed by atoms with Crippen LogP contribution in [0.2, 0.25) is 0 Å². The number of pyridine rings is 1. The number of carboxylic acid groups (broad SMARTS) is 1. The molecule has 0 aromatic carbocycles. The van der Waals surface area contributed by atoms with E-state index in [0.717, 1.165) is 15.5 Å². The molecule has 1 atom stereocenters. The van der Waals surface area contributed by atoms with Crippen molar-refractivity contribution in [1.82, 2.24) is 9.29 Å². The summed E-state index contributed by atoms with van der Waals surface area (Å²) in [5.41, 5.74) is 0.752. The molecule has 3 heterocycles. The molecule has 2 aromatic rings. The zero-order valence-corrected chi connectivity index (χ0v) is 13.6. The number of hydrogen-bond donors (Lipinski definition) is 1. The van der Waals surface area contributed by atoms with Crippen molar-refractivity contribution in [3.05, 3.63) is 45.9 Å². The predicted molar refractivity (Wildman–Crippen MR) is 87.7 cm³/mol. The van der Waals surface area contributed by atoms with E-state index >= 15 is 0 Å². The van der Waals surface area contributed by atoms with Crippen LogP contribution in [0.3, 0.4) is 0 Å². The summed E-state index contributed by atoms with van der Waals surface area (Å²) in [5, 5.41) is 9.23. The summed E-state index contributed by atoms with van der Waals surface area (Å²) in [6, 6.07) is 7.25. The van der Waals surface area contributed by atoms with Gasteiger partial charge in [0.05, 0.1) is 4.88 Å². The van der Waals surface area contributed by atoms with Crippen LogP contribution in [0.1, 0.15) is 28.8 Å². The Kier molecular flexibility index (Phi) is 4.48. The minimum absolute atomic E-state index is 0.437. The Labute approximate surface area is 137 Å². The second-order valence-electron chi connectivity index (χ2n) is 4.79. The molecule has 112 valence electrons. The van der Waals surface area contributed by atoms with Crippen LogP contribution < -0.4 is 0 Å². The lowest BCUT2D eigenvalue weighted by molar-refractivity contribution is -0.141. The van der Waals surface area contributed by atoms with Gasteiger partial charge in [0.1, 0.15) is 11.7 Å². The molecule has 0 radical (unpaired) electrons. The number of aliphatic carboxylic acids is 1. The maximum Gasteiger partial charge on any atom is 0.321 e. The van der Waals surface area contributed by atoms with Gasteiger partial charge >= 0.3 is 5.97 Å². The van der Waals surface area contributed by atoms with Gasteiger partial charge in [-0.3, -0.25) is 4.79 Å². The van der Waals surface area contributed by atoms with Crippen molar-refractivity contribution >= 4 is 29.3 Å². The van der Waals surface area contributed by atoms with Crippen LogP contribution in [0.15, 0.2) is 35.4 Å². The van der Waals surface area contributed by atoms with E-state index in [1.54, 1.807) is 17.5 Å². The third-order valence-corrected chi connectivity index (χ3v) is 5.63. The smallest absolute Gasteiger partial charge is 0.321 e. The number of hydrogen-bond acceptors (Lipinski definition) is 5. The summed E-state index contributed by atoms with van der Waals surface area (Å²) in [6.07, 6.45) is 2.33.